The second-order valence-corrected chi connectivity index (χ2v) is 7.84. The van der Waals surface area contributed by atoms with Crippen LogP contribution in [0.2, 0.25) is 0 Å². The van der Waals surface area contributed by atoms with Gasteiger partial charge in [-0.2, -0.15) is 13.2 Å². The zero-order valence-corrected chi connectivity index (χ0v) is 16.3. The molecule has 28 heavy (non-hydrogen) atoms. The number of nitrogens with zero attached hydrogens (tertiary/aromatic N) is 2. The molecule has 0 saturated heterocycles. The Labute approximate surface area is 167 Å². The Morgan fingerprint density at radius 3 is 2.43 bits per heavy atom. The zero-order valence-electron chi connectivity index (χ0n) is 15.5. The van der Waals surface area contributed by atoms with E-state index in [0.29, 0.717) is 12.2 Å². The third-order valence-electron chi connectivity index (χ3n) is 4.75. The molecule has 3 rings (SSSR count). The molecule has 0 aromatic heterocycles. The Morgan fingerprint density at radius 2 is 1.64 bits per heavy atom. The fourth-order valence-electron chi connectivity index (χ4n) is 3.34. The number of rotatable bonds is 8. The Morgan fingerprint density at radius 1 is 0.929 bits per heavy atom. The lowest BCUT2D eigenvalue weighted by molar-refractivity contribution is -0.137. The van der Waals surface area contributed by atoms with Gasteiger partial charge < -0.3 is 10.1 Å². The second kappa shape index (κ2) is 9.37. The highest BCUT2D eigenvalue weighted by molar-refractivity contribution is 7.99. The average molecular weight is 408 g/mol. The maximum absolute atomic E-state index is 13.2. The zero-order chi connectivity index (χ0) is 20.0. The van der Waals surface area contributed by atoms with E-state index in [2.05, 4.69) is 5.16 Å². The van der Waals surface area contributed by atoms with Crippen LogP contribution >= 0.6 is 11.8 Å². The van der Waals surface area contributed by atoms with E-state index >= 15 is 0 Å². The number of alkyl halides is 3. The summed E-state index contributed by atoms with van der Waals surface area (Å²) in [5.74, 6) is 0. The number of unbranched alkanes of at least 4 members (excludes halogenated alkanes) is 5. The van der Waals surface area contributed by atoms with Crippen molar-refractivity contribution in [2.75, 3.05) is 11.4 Å². The average Bonchev–Trinajstić information content (AvgIpc) is 2.68. The van der Waals surface area contributed by atoms with E-state index in [4.69, 9.17) is 5.21 Å². The van der Waals surface area contributed by atoms with E-state index in [1.165, 1.54) is 24.0 Å². The maximum atomic E-state index is 13.2. The van der Waals surface area contributed by atoms with Crippen LogP contribution in [0.5, 0.6) is 0 Å². The molecule has 3 nitrogen and oxygen atoms in total. The third kappa shape index (κ3) is 5.01. The van der Waals surface area contributed by atoms with Crippen molar-refractivity contribution in [1.29, 1.82) is 0 Å². The molecule has 2 aromatic carbocycles. The number of halogens is 3. The minimum atomic E-state index is -4.35. The molecule has 1 heterocycles. The molecule has 0 saturated carbocycles. The van der Waals surface area contributed by atoms with Gasteiger partial charge in [-0.3, -0.25) is 0 Å². The lowest BCUT2D eigenvalue weighted by Gasteiger charge is -2.33. The van der Waals surface area contributed by atoms with E-state index in [1.54, 1.807) is 6.07 Å². The van der Waals surface area contributed by atoms with E-state index in [0.717, 1.165) is 60.1 Å². The highest BCUT2D eigenvalue weighted by Crippen LogP contribution is 2.49. The van der Waals surface area contributed by atoms with Crippen LogP contribution in [0.1, 0.15) is 44.1 Å². The van der Waals surface area contributed by atoms with Crippen LogP contribution in [-0.4, -0.2) is 18.0 Å². The molecule has 7 heteroatoms. The first-order chi connectivity index (χ1) is 13.5. The summed E-state index contributed by atoms with van der Waals surface area (Å²) >= 11 is 1.52. The van der Waals surface area contributed by atoms with Crippen LogP contribution in [0.4, 0.5) is 24.5 Å². The van der Waals surface area contributed by atoms with Gasteiger partial charge >= 0.3 is 6.18 Å². The summed E-state index contributed by atoms with van der Waals surface area (Å²) < 4.78 is 39.6. The van der Waals surface area contributed by atoms with Crippen LogP contribution < -0.4 is 4.90 Å². The van der Waals surface area contributed by atoms with Crippen molar-refractivity contribution >= 4 is 29.4 Å². The minimum absolute atomic E-state index is 0.609. The smallest absolute Gasteiger partial charge is 0.411 e. The van der Waals surface area contributed by atoms with Gasteiger partial charge in [0.2, 0.25) is 0 Å². The first kappa shape index (κ1) is 20.6. The first-order valence-electron chi connectivity index (χ1n) is 9.42. The summed E-state index contributed by atoms with van der Waals surface area (Å²) in [6.45, 7) is 0.685. The normalized spacial score (nSPS) is 13.6. The summed E-state index contributed by atoms with van der Waals surface area (Å²) in [6, 6.07) is 11.9. The molecule has 0 fully saturated rings. The molecule has 1 N–H and O–H groups in total. The summed E-state index contributed by atoms with van der Waals surface area (Å²) in [6.07, 6.45) is 2.91. The molecule has 0 spiro atoms. The van der Waals surface area contributed by atoms with Gasteiger partial charge in [-0.25, -0.2) is 0 Å². The number of anilines is 2. The summed E-state index contributed by atoms with van der Waals surface area (Å²) in [4.78, 5) is 3.95. The number of fused-ring (bicyclic) bond motifs is 2. The fraction of sp³-hybridized carbons (Fsp3) is 0.381. The monoisotopic (exact) mass is 408 g/mol. The SMILES string of the molecule is ON=CCCCCCCCN1c2ccccc2Sc2ccc(C(F)(F)F)cc21. The predicted octanol–water partition coefficient (Wildman–Crippen LogP) is 7.11. The third-order valence-corrected chi connectivity index (χ3v) is 5.88. The fourth-order valence-corrected chi connectivity index (χ4v) is 4.42. The van der Waals surface area contributed by atoms with Gasteiger partial charge in [0.15, 0.2) is 0 Å². The largest absolute Gasteiger partial charge is 0.416 e. The summed E-state index contributed by atoms with van der Waals surface area (Å²) in [5, 5.41) is 11.4. The van der Waals surface area contributed by atoms with E-state index in [9.17, 15) is 13.2 Å². The molecule has 0 unspecified atom stereocenters. The summed E-state index contributed by atoms with van der Waals surface area (Å²) in [5.41, 5.74) is 0.998. The molecule has 0 aliphatic carbocycles. The number of benzene rings is 2. The van der Waals surface area contributed by atoms with Gasteiger partial charge in [0.25, 0.3) is 0 Å². The highest BCUT2D eigenvalue weighted by Gasteiger charge is 2.33. The number of para-hydroxylation sites is 1. The summed E-state index contributed by atoms with van der Waals surface area (Å²) in [7, 11) is 0. The van der Waals surface area contributed by atoms with Crippen LogP contribution in [0.3, 0.4) is 0 Å². The van der Waals surface area contributed by atoms with Crippen LogP contribution in [0.15, 0.2) is 57.4 Å². The standard InChI is InChI=1S/C21H23F3N2OS/c22-21(23,24)16-11-12-20-18(15-16)26(17-9-5-6-10-19(17)28-20)14-8-4-2-1-3-7-13-25-27/h5-6,9-13,15,27H,1-4,7-8,14H2. The van der Waals surface area contributed by atoms with Crippen molar-refractivity contribution in [2.45, 2.75) is 54.5 Å². The maximum Gasteiger partial charge on any atom is 0.416 e. The van der Waals surface area contributed by atoms with Crippen molar-refractivity contribution in [3.63, 3.8) is 0 Å². The molecule has 0 bridgehead atoms. The molecule has 0 atom stereocenters. The molecule has 0 amide bonds. The molecule has 150 valence electrons. The van der Waals surface area contributed by atoms with Crippen LogP contribution in [0.25, 0.3) is 0 Å². The molecule has 0 radical (unpaired) electrons. The van der Waals surface area contributed by atoms with Crippen molar-refractivity contribution in [1.82, 2.24) is 0 Å². The highest BCUT2D eigenvalue weighted by atomic mass is 32.2. The van der Waals surface area contributed by atoms with Crippen molar-refractivity contribution in [3.05, 3.63) is 48.0 Å². The van der Waals surface area contributed by atoms with E-state index < -0.39 is 11.7 Å². The van der Waals surface area contributed by atoms with Crippen LogP contribution in [-0.2, 0) is 6.18 Å². The van der Waals surface area contributed by atoms with Gasteiger partial charge in [0, 0.05) is 22.6 Å². The Bertz CT molecular complexity index is 824. The van der Waals surface area contributed by atoms with Crippen molar-refractivity contribution in [2.24, 2.45) is 5.16 Å². The van der Waals surface area contributed by atoms with Crippen molar-refractivity contribution < 1.29 is 18.4 Å². The number of hydrogen-bond donors (Lipinski definition) is 1. The van der Waals surface area contributed by atoms with E-state index in [-0.39, 0.29) is 0 Å². The lowest BCUT2D eigenvalue weighted by atomic mass is 10.1. The Balaban J connectivity index is 1.71. The molecule has 1 aliphatic rings. The Hall–Kier alpha value is -2.15. The van der Waals surface area contributed by atoms with Gasteiger partial charge in [0.1, 0.15) is 0 Å². The van der Waals surface area contributed by atoms with Crippen molar-refractivity contribution in [3.8, 4) is 0 Å². The van der Waals surface area contributed by atoms with Gasteiger partial charge in [0.05, 0.1) is 16.9 Å². The molecule has 2 aromatic rings. The number of oxime groups is 1. The minimum Gasteiger partial charge on any atom is -0.411 e. The molecular formula is C21H23F3N2OS. The predicted molar refractivity (Wildman–Crippen MR) is 107 cm³/mol. The first-order valence-corrected chi connectivity index (χ1v) is 10.2. The molecular weight excluding hydrogens is 385 g/mol. The van der Waals surface area contributed by atoms with Crippen LogP contribution in [0, 0.1) is 0 Å². The second-order valence-electron chi connectivity index (χ2n) is 6.76. The van der Waals surface area contributed by atoms with Gasteiger partial charge in [-0.1, -0.05) is 43.2 Å². The Kier molecular flexibility index (Phi) is 6.88. The number of hydrogen-bond acceptors (Lipinski definition) is 4. The topological polar surface area (TPSA) is 35.8 Å². The van der Waals surface area contributed by atoms with Gasteiger partial charge in [-0.05, 0) is 49.6 Å². The lowest BCUT2D eigenvalue weighted by Crippen LogP contribution is -2.22. The quantitative estimate of drug-likeness (QED) is 0.219. The van der Waals surface area contributed by atoms with E-state index in [1.807, 2.05) is 29.2 Å². The van der Waals surface area contributed by atoms with Gasteiger partial charge in [-0.15, -0.1) is 5.16 Å². The molecule has 1 aliphatic heterocycles.